The lowest BCUT2D eigenvalue weighted by atomic mass is 9.76. The van der Waals surface area contributed by atoms with Crippen LogP contribution in [0, 0.1) is 12.8 Å². The lowest BCUT2D eigenvalue weighted by Crippen LogP contribution is -2.45. The van der Waals surface area contributed by atoms with Crippen LogP contribution >= 0.6 is 23.2 Å². The van der Waals surface area contributed by atoms with Crippen LogP contribution in [-0.2, 0) is 11.3 Å². The van der Waals surface area contributed by atoms with Crippen molar-refractivity contribution >= 4 is 41.0 Å². The van der Waals surface area contributed by atoms with Crippen molar-refractivity contribution in [3.63, 3.8) is 0 Å². The predicted molar refractivity (Wildman–Crippen MR) is 159 cm³/mol. The molecule has 3 aromatic rings. The number of carbonyl (C=O) groups is 2. The van der Waals surface area contributed by atoms with Gasteiger partial charge in [0, 0.05) is 42.4 Å². The number of aromatic carboxylic acids is 1. The number of nitrogens with zero attached hydrogens (tertiary/aromatic N) is 1. The zero-order valence-electron chi connectivity index (χ0n) is 22.8. The molecule has 4 rings (SSSR count). The zero-order valence-corrected chi connectivity index (χ0v) is 24.3. The summed E-state index contributed by atoms with van der Waals surface area (Å²) in [6, 6.07) is 12.7. The number of benzene rings is 2. The number of carbonyl (C=O) groups excluding carboxylic acids is 1. The van der Waals surface area contributed by atoms with Crippen LogP contribution in [0.3, 0.4) is 0 Å². The van der Waals surface area contributed by atoms with E-state index in [-0.39, 0.29) is 41.0 Å². The van der Waals surface area contributed by atoms with Crippen molar-refractivity contribution in [3.8, 4) is 11.5 Å². The monoisotopic (exact) mass is 595 g/mol. The summed E-state index contributed by atoms with van der Waals surface area (Å²) in [5.74, 6) is -0.131. The number of aromatic nitrogens is 1. The number of rotatable bonds is 13. The summed E-state index contributed by atoms with van der Waals surface area (Å²) in [4.78, 5) is 27.0. The van der Waals surface area contributed by atoms with Crippen molar-refractivity contribution in [2.75, 3.05) is 19.1 Å². The lowest BCUT2D eigenvalue weighted by molar-refractivity contribution is -0.0591. The Labute approximate surface area is 249 Å². The van der Waals surface area contributed by atoms with E-state index in [9.17, 15) is 14.7 Å². The minimum atomic E-state index is -1.09. The highest BCUT2D eigenvalue weighted by molar-refractivity contribution is 6.32. The number of aryl methyl sites for hydroxylation is 1. The van der Waals surface area contributed by atoms with Crippen LogP contribution in [0.2, 0.25) is 5.02 Å². The molecule has 1 heterocycles. The molecule has 0 amide bonds. The van der Waals surface area contributed by atoms with E-state index in [0.717, 1.165) is 16.7 Å². The Hall–Kier alpha value is -3.65. The molecule has 41 heavy (non-hydrogen) atoms. The molecular weight excluding hydrogens is 565 g/mol. The molecule has 1 N–H and O–H groups in total. The Bertz CT molecular complexity index is 1470. The fraction of sp³-hybridized carbons (Fsp3) is 0.281. The van der Waals surface area contributed by atoms with E-state index >= 15 is 0 Å². The van der Waals surface area contributed by atoms with Crippen LogP contribution in [0.1, 0.15) is 50.8 Å². The third-order valence-electron chi connectivity index (χ3n) is 7.04. The van der Waals surface area contributed by atoms with Gasteiger partial charge in [-0.1, -0.05) is 54.9 Å². The molecule has 2 aromatic carbocycles. The molecular formula is C32H31Cl2NO6. The molecule has 1 aliphatic carbocycles. The Balaban J connectivity index is 1.58. The van der Waals surface area contributed by atoms with Gasteiger partial charge in [-0.15, -0.1) is 11.6 Å². The minimum Gasteiger partial charge on any atom is -0.489 e. The fourth-order valence-corrected chi connectivity index (χ4v) is 5.04. The summed E-state index contributed by atoms with van der Waals surface area (Å²) >= 11 is 12.5. The Morgan fingerprint density at radius 3 is 2.68 bits per heavy atom. The Kier molecular flexibility index (Phi) is 10.2. The summed E-state index contributed by atoms with van der Waals surface area (Å²) in [6.45, 7) is 4.76. The standard InChI is InChI=1S/C32H31Cl2NO6/c1-21-7-3-4-8-26(21)27-9-5-10-32(22(27)2,41-12-6-11-33)20-40-30-15-29(25(18-36)14-28(30)34)39-19-23-13-24(31(37)38)17-35-16-23/h3-5,7-10,13-18,22H,6,11-12,19-20H2,1-2H3,(H,37,38). The van der Waals surface area contributed by atoms with E-state index < -0.39 is 11.6 Å². The summed E-state index contributed by atoms with van der Waals surface area (Å²) in [5, 5.41) is 9.47. The first-order chi connectivity index (χ1) is 19.8. The minimum absolute atomic E-state index is 0.00808. The van der Waals surface area contributed by atoms with Crippen LogP contribution in [-0.4, -0.2) is 47.0 Å². The number of allylic oxidation sites excluding steroid dienone is 2. The molecule has 2 unspecified atom stereocenters. The van der Waals surface area contributed by atoms with Gasteiger partial charge in [0.05, 0.1) is 16.1 Å². The normalized spacial score (nSPS) is 18.0. The molecule has 7 nitrogen and oxygen atoms in total. The van der Waals surface area contributed by atoms with E-state index in [1.54, 1.807) is 6.07 Å². The van der Waals surface area contributed by atoms with E-state index in [2.05, 4.69) is 37.0 Å². The average molecular weight is 597 g/mol. The largest absolute Gasteiger partial charge is 0.489 e. The molecule has 1 aromatic heterocycles. The average Bonchev–Trinajstić information content (AvgIpc) is 2.97. The second-order valence-electron chi connectivity index (χ2n) is 9.77. The number of halogens is 2. The Morgan fingerprint density at radius 1 is 1.15 bits per heavy atom. The molecule has 214 valence electrons. The number of ether oxygens (including phenoxy) is 3. The van der Waals surface area contributed by atoms with Crippen LogP contribution < -0.4 is 9.47 Å². The van der Waals surface area contributed by atoms with Gasteiger partial charge in [0.2, 0.25) is 0 Å². The first-order valence-electron chi connectivity index (χ1n) is 13.1. The summed E-state index contributed by atoms with van der Waals surface area (Å²) in [6.07, 6.45) is 10.2. The molecule has 2 atom stereocenters. The molecule has 0 bridgehead atoms. The van der Waals surface area contributed by atoms with Gasteiger partial charge in [-0.05, 0) is 48.3 Å². The first-order valence-corrected chi connectivity index (χ1v) is 14.1. The third-order valence-corrected chi connectivity index (χ3v) is 7.60. The highest BCUT2D eigenvalue weighted by Gasteiger charge is 2.40. The number of carboxylic acid groups (broad SMARTS) is 1. The van der Waals surface area contributed by atoms with Crippen molar-refractivity contribution in [2.24, 2.45) is 5.92 Å². The highest BCUT2D eigenvalue weighted by atomic mass is 35.5. The highest BCUT2D eigenvalue weighted by Crippen LogP contribution is 2.41. The molecule has 0 saturated carbocycles. The van der Waals surface area contributed by atoms with E-state index in [1.165, 1.54) is 24.5 Å². The zero-order chi connectivity index (χ0) is 29.4. The van der Waals surface area contributed by atoms with Crippen molar-refractivity contribution < 1.29 is 28.9 Å². The maximum absolute atomic E-state index is 11.8. The molecule has 9 heteroatoms. The topological polar surface area (TPSA) is 95.0 Å². The SMILES string of the molecule is Cc1ccccc1C1=CC=CC(COc2cc(OCc3cncc(C(=O)O)c3)c(C=O)cc2Cl)(OCCCCl)C1C. The van der Waals surface area contributed by atoms with Gasteiger partial charge in [-0.25, -0.2) is 4.79 Å². The van der Waals surface area contributed by atoms with E-state index in [1.807, 2.05) is 24.3 Å². The second kappa shape index (κ2) is 13.8. The summed E-state index contributed by atoms with van der Waals surface area (Å²) < 4.78 is 18.6. The van der Waals surface area contributed by atoms with Gasteiger partial charge < -0.3 is 19.3 Å². The number of pyridine rings is 1. The van der Waals surface area contributed by atoms with Crippen LogP contribution in [0.4, 0.5) is 0 Å². The van der Waals surface area contributed by atoms with Crippen molar-refractivity contribution in [1.82, 2.24) is 4.98 Å². The number of aldehydes is 1. The van der Waals surface area contributed by atoms with Crippen LogP contribution in [0.15, 0.2) is 73.1 Å². The van der Waals surface area contributed by atoms with Gasteiger partial charge in [-0.2, -0.15) is 0 Å². The maximum atomic E-state index is 11.8. The lowest BCUT2D eigenvalue weighted by Gasteiger charge is -2.40. The fourth-order valence-electron chi connectivity index (χ4n) is 4.70. The number of hydrogen-bond donors (Lipinski definition) is 1. The molecule has 1 aliphatic rings. The quantitative estimate of drug-likeness (QED) is 0.127. The second-order valence-corrected chi connectivity index (χ2v) is 10.6. The maximum Gasteiger partial charge on any atom is 0.337 e. The molecule has 0 radical (unpaired) electrons. The first kappa shape index (κ1) is 30.3. The van der Waals surface area contributed by atoms with Crippen LogP contribution in [0.25, 0.3) is 5.57 Å². The molecule has 0 saturated heterocycles. The van der Waals surface area contributed by atoms with Crippen molar-refractivity contribution in [2.45, 2.75) is 32.5 Å². The van der Waals surface area contributed by atoms with Gasteiger partial charge in [0.25, 0.3) is 0 Å². The van der Waals surface area contributed by atoms with Crippen molar-refractivity contribution in [3.05, 3.63) is 106 Å². The molecule has 0 aliphatic heterocycles. The smallest absolute Gasteiger partial charge is 0.337 e. The van der Waals surface area contributed by atoms with Gasteiger partial charge in [-0.3, -0.25) is 9.78 Å². The number of alkyl halides is 1. The third kappa shape index (κ3) is 7.17. The van der Waals surface area contributed by atoms with Crippen LogP contribution in [0.5, 0.6) is 11.5 Å². The summed E-state index contributed by atoms with van der Waals surface area (Å²) in [5.41, 5.74) is 3.42. The molecule has 0 spiro atoms. The van der Waals surface area contributed by atoms with Gasteiger partial charge in [0.1, 0.15) is 30.3 Å². The van der Waals surface area contributed by atoms with Gasteiger partial charge in [0.15, 0.2) is 6.29 Å². The Morgan fingerprint density at radius 2 is 1.95 bits per heavy atom. The predicted octanol–water partition coefficient (Wildman–Crippen LogP) is 7.19. The van der Waals surface area contributed by atoms with Crippen molar-refractivity contribution in [1.29, 1.82) is 0 Å². The summed E-state index contributed by atoms with van der Waals surface area (Å²) in [7, 11) is 0. The van der Waals surface area contributed by atoms with E-state index in [4.69, 9.17) is 37.4 Å². The van der Waals surface area contributed by atoms with E-state index in [0.29, 0.717) is 36.5 Å². The molecule has 0 fully saturated rings. The number of carboxylic acids is 1. The number of hydrogen-bond acceptors (Lipinski definition) is 6. The van der Waals surface area contributed by atoms with Gasteiger partial charge >= 0.3 is 5.97 Å².